The summed E-state index contributed by atoms with van der Waals surface area (Å²) in [6.07, 6.45) is 2.98. The number of aromatic hydroxyl groups is 1. The van der Waals surface area contributed by atoms with Crippen LogP contribution in [0.3, 0.4) is 0 Å². The highest BCUT2D eigenvalue weighted by Gasteiger charge is 2.38. The lowest BCUT2D eigenvalue weighted by atomic mass is 9.72. The molecule has 1 atom stereocenters. The van der Waals surface area contributed by atoms with Crippen LogP contribution < -0.4 is 0 Å². The average Bonchev–Trinajstić information content (AvgIpc) is 2.55. The Hall–Kier alpha value is -1.06. The van der Waals surface area contributed by atoms with Gasteiger partial charge in [-0.2, -0.15) is 0 Å². The van der Waals surface area contributed by atoms with Crippen molar-refractivity contribution in [3.63, 3.8) is 0 Å². The van der Waals surface area contributed by atoms with E-state index in [0.717, 1.165) is 6.42 Å². The summed E-state index contributed by atoms with van der Waals surface area (Å²) in [5, 5.41) is 21.0. The van der Waals surface area contributed by atoms with E-state index in [4.69, 9.17) is 8.22 Å². The van der Waals surface area contributed by atoms with Crippen LogP contribution in [-0.4, -0.2) is 41.3 Å². The number of nitrogens with zero attached hydrogens (tertiary/aromatic N) is 1. The standard InChI is InChI=1S/C16H25NO2/c1-17(2)12-15(13-6-8-14(18)9-7-13)16(19)10-4-3-5-11-16/h6-9,15,18-19H,3-5,10-12H2,1-2H3/i6D,7D,8D,9D,12D2. The Morgan fingerprint density at radius 2 is 1.84 bits per heavy atom. The zero-order valence-corrected chi connectivity index (χ0v) is 11.5. The monoisotopic (exact) mass is 269 g/mol. The molecule has 0 heterocycles. The van der Waals surface area contributed by atoms with Gasteiger partial charge in [-0.1, -0.05) is 31.3 Å². The van der Waals surface area contributed by atoms with Crippen LogP contribution in [0.5, 0.6) is 5.75 Å². The van der Waals surface area contributed by atoms with E-state index in [1.54, 1.807) is 0 Å². The van der Waals surface area contributed by atoms with Crippen molar-refractivity contribution in [2.24, 2.45) is 0 Å². The molecule has 0 bridgehead atoms. The van der Waals surface area contributed by atoms with Crippen molar-refractivity contribution < 1.29 is 18.4 Å². The molecule has 1 saturated carbocycles. The van der Waals surface area contributed by atoms with Crippen molar-refractivity contribution in [3.8, 4) is 5.75 Å². The highest BCUT2D eigenvalue weighted by atomic mass is 16.3. The zero-order chi connectivity index (χ0) is 19.2. The smallest absolute Gasteiger partial charge is 0.115 e. The Morgan fingerprint density at radius 1 is 1.26 bits per heavy atom. The van der Waals surface area contributed by atoms with E-state index in [1.165, 1.54) is 19.0 Å². The number of rotatable bonds is 4. The predicted molar refractivity (Wildman–Crippen MR) is 77.4 cm³/mol. The van der Waals surface area contributed by atoms with Gasteiger partial charge < -0.3 is 15.1 Å². The molecule has 0 spiro atoms. The number of hydrogen-bond acceptors (Lipinski definition) is 3. The van der Waals surface area contributed by atoms with Crippen molar-refractivity contribution >= 4 is 0 Å². The van der Waals surface area contributed by atoms with Gasteiger partial charge in [0.15, 0.2) is 0 Å². The number of phenolic OH excluding ortho intramolecular Hbond substituents is 1. The minimum Gasteiger partial charge on any atom is -0.508 e. The average molecular weight is 269 g/mol. The molecule has 106 valence electrons. The van der Waals surface area contributed by atoms with Gasteiger partial charge in [0.05, 0.1) is 11.1 Å². The first-order valence-corrected chi connectivity index (χ1v) is 6.64. The van der Waals surface area contributed by atoms with Crippen molar-refractivity contribution in [2.45, 2.75) is 43.6 Å². The normalized spacial score (nSPS) is 25.7. The van der Waals surface area contributed by atoms with Crippen LogP contribution in [0.2, 0.25) is 0 Å². The van der Waals surface area contributed by atoms with E-state index in [1.807, 2.05) is 0 Å². The summed E-state index contributed by atoms with van der Waals surface area (Å²) < 4.78 is 49.1. The van der Waals surface area contributed by atoms with Gasteiger partial charge in [-0.25, -0.2) is 0 Å². The Kier molecular flexibility index (Phi) is 2.58. The summed E-state index contributed by atoms with van der Waals surface area (Å²) >= 11 is 0. The van der Waals surface area contributed by atoms with Crippen LogP contribution in [0.1, 0.15) is 51.8 Å². The molecular weight excluding hydrogens is 238 g/mol. The number of phenols is 1. The van der Waals surface area contributed by atoms with E-state index in [9.17, 15) is 10.2 Å². The van der Waals surface area contributed by atoms with Crippen molar-refractivity contribution in [2.75, 3.05) is 20.6 Å². The van der Waals surface area contributed by atoms with Gasteiger partial charge in [0.1, 0.15) is 5.75 Å². The molecule has 0 saturated heterocycles. The lowest BCUT2D eigenvalue weighted by Gasteiger charge is -2.40. The van der Waals surface area contributed by atoms with Crippen LogP contribution in [0.15, 0.2) is 24.2 Å². The van der Waals surface area contributed by atoms with Gasteiger partial charge in [0, 0.05) is 15.2 Å². The van der Waals surface area contributed by atoms with Crippen LogP contribution in [-0.2, 0) is 0 Å². The fourth-order valence-corrected chi connectivity index (χ4v) is 2.62. The van der Waals surface area contributed by atoms with Crippen molar-refractivity contribution in [1.82, 2.24) is 4.90 Å². The highest BCUT2D eigenvalue weighted by Crippen LogP contribution is 2.40. The van der Waals surface area contributed by atoms with Gasteiger partial charge in [0.2, 0.25) is 0 Å². The molecule has 3 nitrogen and oxygen atoms in total. The van der Waals surface area contributed by atoms with Crippen molar-refractivity contribution in [1.29, 1.82) is 0 Å². The first-order valence-electron chi connectivity index (χ1n) is 9.64. The number of aliphatic hydroxyl groups is 1. The van der Waals surface area contributed by atoms with E-state index < -0.39 is 47.9 Å². The maximum absolute atomic E-state index is 11.3. The minimum atomic E-state index is -2.10. The van der Waals surface area contributed by atoms with Crippen LogP contribution >= 0.6 is 0 Å². The molecule has 2 rings (SSSR count). The van der Waals surface area contributed by atoms with Crippen LogP contribution in [0.4, 0.5) is 0 Å². The molecule has 0 aromatic heterocycles. The third-order valence-corrected chi connectivity index (χ3v) is 3.56. The summed E-state index contributed by atoms with van der Waals surface area (Å²) in [6.45, 7) is -2.10. The second-order valence-corrected chi connectivity index (χ2v) is 5.38. The molecule has 2 N–H and O–H groups in total. The SMILES string of the molecule is [2H]c1c([2H])c(C(C2(O)CCCCC2)C([2H])([2H])N(C)C)c([2H])c([2H])c1O. The Bertz CT molecular complexity index is 630. The Morgan fingerprint density at radius 3 is 2.37 bits per heavy atom. The Balaban J connectivity index is 2.78. The molecule has 1 aromatic carbocycles. The molecule has 0 amide bonds. The summed E-state index contributed by atoms with van der Waals surface area (Å²) in [5.41, 5.74) is -1.66. The summed E-state index contributed by atoms with van der Waals surface area (Å²) in [7, 11) is 3.02. The van der Waals surface area contributed by atoms with Crippen LogP contribution in [0.25, 0.3) is 0 Å². The molecule has 1 unspecified atom stereocenters. The van der Waals surface area contributed by atoms with Crippen molar-refractivity contribution in [3.05, 3.63) is 29.7 Å². The van der Waals surface area contributed by atoms with E-state index in [2.05, 4.69) is 0 Å². The molecule has 1 aliphatic carbocycles. The fraction of sp³-hybridized carbons (Fsp3) is 0.625. The molecule has 0 aliphatic heterocycles. The maximum atomic E-state index is 11.3. The first-order chi connectivity index (χ1) is 11.4. The molecule has 1 fully saturated rings. The van der Waals surface area contributed by atoms with Crippen LogP contribution in [0, 0.1) is 0 Å². The van der Waals surface area contributed by atoms with E-state index in [0.29, 0.717) is 25.7 Å². The number of likely N-dealkylation sites (N-methyl/N-ethyl adjacent to an activating group) is 1. The van der Waals surface area contributed by atoms with Gasteiger partial charge in [0.25, 0.3) is 0 Å². The quantitative estimate of drug-likeness (QED) is 0.883. The molecular formula is C16H25NO2. The van der Waals surface area contributed by atoms with Gasteiger partial charge in [-0.05, 0) is 44.6 Å². The topological polar surface area (TPSA) is 43.7 Å². The number of benzene rings is 1. The molecule has 0 radical (unpaired) electrons. The Labute approximate surface area is 124 Å². The second-order valence-electron chi connectivity index (χ2n) is 5.38. The molecule has 19 heavy (non-hydrogen) atoms. The molecule has 1 aliphatic rings. The third kappa shape index (κ3) is 3.48. The fourth-order valence-electron chi connectivity index (χ4n) is 2.62. The zero-order valence-electron chi connectivity index (χ0n) is 17.5. The first kappa shape index (κ1) is 8.28. The lowest BCUT2D eigenvalue weighted by molar-refractivity contribution is -0.0277. The summed E-state index contributed by atoms with van der Waals surface area (Å²) in [4.78, 5) is 1.28. The lowest BCUT2D eigenvalue weighted by Crippen LogP contribution is -2.42. The molecule has 1 aromatic rings. The minimum absolute atomic E-state index is 0.184. The highest BCUT2D eigenvalue weighted by molar-refractivity contribution is 5.30. The second kappa shape index (κ2) is 5.93. The number of hydrogen-bond donors (Lipinski definition) is 2. The van der Waals surface area contributed by atoms with Gasteiger partial charge >= 0.3 is 0 Å². The van der Waals surface area contributed by atoms with Gasteiger partial charge in [-0.15, -0.1) is 0 Å². The van der Waals surface area contributed by atoms with E-state index >= 15 is 0 Å². The predicted octanol–water partition coefficient (Wildman–Crippen LogP) is 2.73. The van der Waals surface area contributed by atoms with E-state index in [-0.39, 0.29) is 5.56 Å². The largest absolute Gasteiger partial charge is 0.508 e. The third-order valence-electron chi connectivity index (χ3n) is 3.56. The summed E-state index contributed by atoms with van der Waals surface area (Å²) in [6, 6.07) is -2.24. The molecule has 3 heteroatoms. The van der Waals surface area contributed by atoms with Gasteiger partial charge in [-0.3, -0.25) is 0 Å². The maximum Gasteiger partial charge on any atom is 0.115 e. The summed E-state index contributed by atoms with van der Waals surface area (Å²) in [5.74, 6) is -2.04.